The van der Waals surface area contributed by atoms with E-state index < -0.39 is 0 Å². The standard InChI is InChI=1S/C15H23FN4/c1-2-3-9-20(12-15-5-4-8-17-15)19-11-14-7-6-13(16)10-18-14/h3,6-7,9-10,15,17,19H,2,4-5,8,11-12H2,1H3/b9-3-. The lowest BCUT2D eigenvalue weighted by Crippen LogP contribution is -2.42. The minimum Gasteiger partial charge on any atom is -0.314 e. The summed E-state index contributed by atoms with van der Waals surface area (Å²) >= 11 is 0. The van der Waals surface area contributed by atoms with E-state index in [4.69, 9.17) is 0 Å². The van der Waals surface area contributed by atoms with Crippen molar-refractivity contribution in [2.45, 2.75) is 38.8 Å². The van der Waals surface area contributed by atoms with Crippen LogP contribution in [-0.4, -0.2) is 29.1 Å². The van der Waals surface area contributed by atoms with Gasteiger partial charge >= 0.3 is 0 Å². The minimum atomic E-state index is -0.299. The van der Waals surface area contributed by atoms with E-state index in [0.717, 1.165) is 25.2 Å². The van der Waals surface area contributed by atoms with Gasteiger partial charge in [0.25, 0.3) is 0 Å². The fraction of sp³-hybridized carbons (Fsp3) is 0.533. The van der Waals surface area contributed by atoms with E-state index >= 15 is 0 Å². The summed E-state index contributed by atoms with van der Waals surface area (Å²) in [6.07, 6.45) is 8.92. The third kappa shape index (κ3) is 4.90. The van der Waals surface area contributed by atoms with E-state index in [1.807, 2.05) is 0 Å². The summed E-state index contributed by atoms with van der Waals surface area (Å²) < 4.78 is 12.8. The van der Waals surface area contributed by atoms with Gasteiger partial charge < -0.3 is 10.3 Å². The van der Waals surface area contributed by atoms with Gasteiger partial charge in [-0.25, -0.2) is 9.82 Å². The van der Waals surface area contributed by atoms with Gasteiger partial charge in [0.2, 0.25) is 0 Å². The van der Waals surface area contributed by atoms with Crippen LogP contribution < -0.4 is 10.7 Å². The van der Waals surface area contributed by atoms with E-state index in [0.29, 0.717) is 12.6 Å². The quantitative estimate of drug-likeness (QED) is 0.750. The number of halogens is 1. The summed E-state index contributed by atoms with van der Waals surface area (Å²) in [6.45, 7) is 4.75. The van der Waals surface area contributed by atoms with Crippen LogP contribution in [0.1, 0.15) is 31.9 Å². The number of pyridine rings is 1. The zero-order chi connectivity index (χ0) is 14.2. The Morgan fingerprint density at radius 3 is 3.10 bits per heavy atom. The highest BCUT2D eigenvalue weighted by Gasteiger charge is 2.16. The first-order chi connectivity index (χ1) is 9.78. The van der Waals surface area contributed by atoms with Crippen LogP contribution in [0, 0.1) is 5.82 Å². The van der Waals surface area contributed by atoms with Crippen molar-refractivity contribution < 1.29 is 4.39 Å². The van der Waals surface area contributed by atoms with Crippen molar-refractivity contribution in [2.75, 3.05) is 13.1 Å². The summed E-state index contributed by atoms with van der Waals surface area (Å²) in [5.41, 5.74) is 4.17. The fourth-order valence-corrected chi connectivity index (χ4v) is 2.25. The average molecular weight is 278 g/mol. The van der Waals surface area contributed by atoms with Crippen molar-refractivity contribution >= 4 is 0 Å². The molecule has 0 aromatic carbocycles. The Balaban J connectivity index is 1.85. The van der Waals surface area contributed by atoms with Gasteiger partial charge in [0.05, 0.1) is 18.4 Å². The van der Waals surface area contributed by atoms with Crippen LogP contribution in [0.3, 0.4) is 0 Å². The molecular weight excluding hydrogens is 255 g/mol. The van der Waals surface area contributed by atoms with Gasteiger partial charge in [-0.1, -0.05) is 13.0 Å². The third-order valence-corrected chi connectivity index (χ3v) is 3.35. The highest BCUT2D eigenvalue weighted by atomic mass is 19.1. The van der Waals surface area contributed by atoms with Crippen molar-refractivity contribution in [1.29, 1.82) is 0 Å². The van der Waals surface area contributed by atoms with Crippen LogP contribution in [0.4, 0.5) is 4.39 Å². The second-order valence-corrected chi connectivity index (χ2v) is 5.04. The van der Waals surface area contributed by atoms with Crippen LogP contribution in [0.25, 0.3) is 0 Å². The topological polar surface area (TPSA) is 40.2 Å². The van der Waals surface area contributed by atoms with Crippen molar-refractivity contribution in [3.63, 3.8) is 0 Å². The van der Waals surface area contributed by atoms with Gasteiger partial charge in [-0.3, -0.25) is 4.98 Å². The predicted octanol–water partition coefficient (Wildman–Crippen LogP) is 2.20. The number of nitrogens with zero attached hydrogens (tertiary/aromatic N) is 2. The summed E-state index contributed by atoms with van der Waals surface area (Å²) in [5.74, 6) is -0.299. The minimum absolute atomic E-state index is 0.299. The molecule has 0 saturated carbocycles. The van der Waals surface area contributed by atoms with Gasteiger partial charge in [-0.2, -0.15) is 0 Å². The first-order valence-corrected chi connectivity index (χ1v) is 7.28. The first-order valence-electron chi connectivity index (χ1n) is 7.28. The molecule has 1 fully saturated rings. The number of hydrazine groups is 1. The number of nitrogens with one attached hydrogen (secondary N) is 2. The molecule has 1 saturated heterocycles. The zero-order valence-corrected chi connectivity index (χ0v) is 12.0. The molecule has 2 N–H and O–H groups in total. The van der Waals surface area contributed by atoms with Gasteiger partial charge in [-0.05, 0) is 37.9 Å². The fourth-order valence-electron chi connectivity index (χ4n) is 2.25. The molecule has 0 spiro atoms. The van der Waals surface area contributed by atoms with E-state index in [9.17, 15) is 4.39 Å². The molecule has 2 heterocycles. The van der Waals surface area contributed by atoms with Gasteiger partial charge in [-0.15, -0.1) is 0 Å². The number of allylic oxidation sites excluding steroid dienone is 1. The molecule has 1 aliphatic rings. The largest absolute Gasteiger partial charge is 0.314 e. The summed E-state index contributed by atoms with van der Waals surface area (Å²) in [5, 5.41) is 5.58. The summed E-state index contributed by atoms with van der Waals surface area (Å²) in [4.78, 5) is 4.06. The highest BCUT2D eigenvalue weighted by Crippen LogP contribution is 2.07. The molecule has 5 heteroatoms. The molecule has 0 radical (unpaired) electrons. The molecule has 1 atom stereocenters. The van der Waals surface area contributed by atoms with Crippen LogP contribution >= 0.6 is 0 Å². The molecular formula is C15H23FN4. The molecule has 1 aliphatic heterocycles. The van der Waals surface area contributed by atoms with Gasteiger partial charge in [0.15, 0.2) is 0 Å². The Bertz CT molecular complexity index is 412. The Labute approximate surface area is 120 Å². The molecule has 0 bridgehead atoms. The third-order valence-electron chi connectivity index (χ3n) is 3.35. The molecule has 1 unspecified atom stereocenters. The SMILES string of the molecule is CC/C=C\N(CC1CCCN1)NCc1ccc(F)cn1. The van der Waals surface area contributed by atoms with Gasteiger partial charge in [0.1, 0.15) is 5.82 Å². The predicted molar refractivity (Wildman–Crippen MR) is 78.2 cm³/mol. The van der Waals surface area contributed by atoms with E-state index in [1.165, 1.54) is 25.1 Å². The smallest absolute Gasteiger partial charge is 0.141 e. The van der Waals surface area contributed by atoms with Crippen LogP contribution in [0.5, 0.6) is 0 Å². The number of rotatable bonds is 7. The molecule has 1 aromatic heterocycles. The lowest BCUT2D eigenvalue weighted by atomic mass is 10.2. The molecule has 2 rings (SSSR count). The lowest BCUT2D eigenvalue weighted by Gasteiger charge is -2.25. The zero-order valence-electron chi connectivity index (χ0n) is 12.0. The summed E-state index contributed by atoms with van der Waals surface area (Å²) in [6, 6.07) is 3.68. The second kappa shape index (κ2) is 7.97. The molecule has 1 aromatic rings. The monoisotopic (exact) mass is 278 g/mol. The summed E-state index contributed by atoms with van der Waals surface area (Å²) in [7, 11) is 0. The van der Waals surface area contributed by atoms with E-state index in [-0.39, 0.29) is 5.82 Å². The van der Waals surface area contributed by atoms with Crippen molar-refractivity contribution in [3.05, 3.63) is 42.1 Å². The first kappa shape index (κ1) is 14.9. The number of hydrogen-bond donors (Lipinski definition) is 2. The molecule has 0 aliphatic carbocycles. The van der Waals surface area contributed by atoms with Crippen LogP contribution in [-0.2, 0) is 6.54 Å². The average Bonchev–Trinajstić information content (AvgIpc) is 2.96. The second-order valence-electron chi connectivity index (χ2n) is 5.04. The Morgan fingerprint density at radius 1 is 1.55 bits per heavy atom. The maximum absolute atomic E-state index is 12.8. The molecule has 20 heavy (non-hydrogen) atoms. The number of aromatic nitrogens is 1. The maximum atomic E-state index is 12.8. The van der Waals surface area contributed by atoms with Gasteiger partial charge in [0, 0.05) is 18.8 Å². The lowest BCUT2D eigenvalue weighted by molar-refractivity contribution is 0.241. The molecule has 110 valence electrons. The molecule has 4 nitrogen and oxygen atoms in total. The Morgan fingerprint density at radius 2 is 2.45 bits per heavy atom. The normalized spacial score (nSPS) is 18.8. The highest BCUT2D eigenvalue weighted by molar-refractivity contribution is 5.04. The number of hydrogen-bond acceptors (Lipinski definition) is 4. The van der Waals surface area contributed by atoms with Crippen LogP contribution in [0.15, 0.2) is 30.6 Å². The van der Waals surface area contributed by atoms with Crippen LogP contribution in [0.2, 0.25) is 0 Å². The van der Waals surface area contributed by atoms with E-state index in [1.54, 1.807) is 6.07 Å². The van der Waals surface area contributed by atoms with E-state index in [2.05, 4.69) is 39.9 Å². The van der Waals surface area contributed by atoms with Crippen molar-refractivity contribution in [3.8, 4) is 0 Å². The molecule has 0 amide bonds. The maximum Gasteiger partial charge on any atom is 0.141 e. The Kier molecular flexibility index (Phi) is 5.95. The van der Waals surface area contributed by atoms with Crippen molar-refractivity contribution in [2.24, 2.45) is 0 Å². The Hall–Kier alpha value is -1.46. The van der Waals surface area contributed by atoms with Crippen molar-refractivity contribution in [1.82, 2.24) is 20.7 Å².